The number of allylic oxidation sites excluding steroid dienone is 1. The van der Waals surface area contributed by atoms with Gasteiger partial charge in [-0.3, -0.25) is 4.79 Å². The lowest BCUT2D eigenvalue weighted by molar-refractivity contribution is -0.134. The van der Waals surface area contributed by atoms with E-state index in [2.05, 4.69) is 32.2 Å². The third-order valence-corrected chi connectivity index (χ3v) is 7.96. The maximum absolute atomic E-state index is 13.1. The molecule has 0 radical (unpaired) electrons. The number of likely N-dealkylation sites (N-methyl/N-ethyl adjacent to an activating group) is 2. The van der Waals surface area contributed by atoms with E-state index in [1.807, 2.05) is 32.8 Å². The molecule has 0 bridgehead atoms. The summed E-state index contributed by atoms with van der Waals surface area (Å²) in [6, 6.07) is -0.666. The lowest BCUT2D eigenvalue weighted by atomic mass is 9.68. The van der Waals surface area contributed by atoms with Crippen LogP contribution in [0.2, 0.25) is 0 Å². The number of hydrogen-bond acceptors (Lipinski definition) is 7. The maximum atomic E-state index is 13.1. The Morgan fingerprint density at radius 3 is 2.39 bits per heavy atom. The number of carbonyl (C=O) groups excluding carboxylic acids is 2. The second-order valence-electron chi connectivity index (χ2n) is 11.8. The Balaban J connectivity index is 1.67. The summed E-state index contributed by atoms with van der Waals surface area (Å²) in [6.45, 7) is 12.1. The average molecular weight is 510 g/mol. The summed E-state index contributed by atoms with van der Waals surface area (Å²) in [5.41, 5.74) is 0.584. The number of amides is 2. The molecule has 2 heterocycles. The second-order valence-corrected chi connectivity index (χ2v) is 11.8. The zero-order valence-corrected chi connectivity index (χ0v) is 23.6. The van der Waals surface area contributed by atoms with Gasteiger partial charge in [0.1, 0.15) is 29.5 Å². The van der Waals surface area contributed by atoms with E-state index in [-0.39, 0.29) is 35.6 Å². The predicted molar refractivity (Wildman–Crippen MR) is 138 cm³/mol. The van der Waals surface area contributed by atoms with Gasteiger partial charge < -0.3 is 34.1 Å². The van der Waals surface area contributed by atoms with E-state index in [1.165, 1.54) is 5.57 Å². The number of alkyl carbamates (subject to hydrolysis) is 1. The highest BCUT2D eigenvalue weighted by Gasteiger charge is 2.72. The van der Waals surface area contributed by atoms with E-state index in [9.17, 15) is 9.59 Å². The Kier molecular flexibility index (Phi) is 9.13. The molecule has 9 nitrogen and oxygen atoms in total. The zero-order valence-electron chi connectivity index (χ0n) is 23.6. The lowest BCUT2D eigenvalue weighted by Crippen LogP contribution is -2.57. The van der Waals surface area contributed by atoms with Gasteiger partial charge in [0.2, 0.25) is 5.91 Å². The molecule has 1 saturated carbocycles. The molecule has 3 aliphatic rings. The van der Waals surface area contributed by atoms with E-state index in [1.54, 1.807) is 19.1 Å². The van der Waals surface area contributed by atoms with Gasteiger partial charge in [-0.2, -0.15) is 0 Å². The van der Waals surface area contributed by atoms with Crippen molar-refractivity contribution >= 4 is 12.0 Å². The van der Waals surface area contributed by atoms with Crippen molar-refractivity contribution in [2.45, 2.75) is 89.4 Å². The van der Waals surface area contributed by atoms with Gasteiger partial charge in [-0.05, 0) is 60.0 Å². The highest BCUT2D eigenvalue weighted by atomic mass is 16.6. The predicted octanol–water partition coefficient (Wildman–Crippen LogP) is 2.83. The van der Waals surface area contributed by atoms with Gasteiger partial charge in [-0.15, -0.1) is 0 Å². The van der Waals surface area contributed by atoms with Crippen molar-refractivity contribution in [1.82, 2.24) is 15.1 Å². The molecular weight excluding hydrogens is 462 g/mol. The Morgan fingerprint density at radius 1 is 1.19 bits per heavy atom. The molecule has 206 valence electrons. The lowest BCUT2D eigenvalue weighted by Gasteiger charge is -2.42. The molecule has 2 aliphatic heterocycles. The third kappa shape index (κ3) is 6.41. The molecule has 7 atom stereocenters. The number of methoxy groups -OCH3 is 1. The second kappa shape index (κ2) is 11.4. The smallest absolute Gasteiger partial charge is 0.408 e. The Hall–Kier alpha value is -1.68. The summed E-state index contributed by atoms with van der Waals surface area (Å²) in [4.78, 5) is 29.8. The molecule has 36 heavy (non-hydrogen) atoms. The minimum absolute atomic E-state index is 0.0446. The number of nitrogens with one attached hydrogen (secondary N) is 1. The number of ether oxygens (including phenoxy) is 4. The van der Waals surface area contributed by atoms with Gasteiger partial charge in [0, 0.05) is 27.2 Å². The van der Waals surface area contributed by atoms with Gasteiger partial charge in [0.15, 0.2) is 0 Å². The number of hydrogen-bond donors (Lipinski definition) is 1. The van der Waals surface area contributed by atoms with Crippen LogP contribution in [0.5, 0.6) is 0 Å². The van der Waals surface area contributed by atoms with Crippen LogP contribution in [0.15, 0.2) is 11.6 Å². The first-order valence-electron chi connectivity index (χ1n) is 13.2. The first kappa shape index (κ1) is 28.9. The summed E-state index contributed by atoms with van der Waals surface area (Å²) >= 11 is 0. The average Bonchev–Trinajstić information content (AvgIpc) is 3.72. The van der Waals surface area contributed by atoms with E-state index >= 15 is 0 Å². The van der Waals surface area contributed by atoms with Crippen LogP contribution in [0.25, 0.3) is 0 Å². The number of rotatable bonds is 11. The fraction of sp³-hybridized carbons (Fsp3) is 0.852. The van der Waals surface area contributed by atoms with E-state index < -0.39 is 23.8 Å². The van der Waals surface area contributed by atoms with Crippen molar-refractivity contribution in [3.05, 3.63) is 11.6 Å². The highest BCUT2D eigenvalue weighted by Crippen LogP contribution is 2.59. The summed E-state index contributed by atoms with van der Waals surface area (Å²) < 4.78 is 24.1. The quantitative estimate of drug-likeness (QED) is 0.338. The van der Waals surface area contributed by atoms with Crippen LogP contribution in [0.1, 0.15) is 53.9 Å². The normalized spacial score (nSPS) is 33.9. The highest BCUT2D eigenvalue weighted by molar-refractivity contribution is 5.85. The van der Waals surface area contributed by atoms with Gasteiger partial charge >= 0.3 is 6.09 Å². The standard InChI is InChI=1S/C27H47N3O6/c1-17(2)10-11-20-26(5,36-20)23-22(33-9)19(12-13-27(23)16-34-27)35-25(32)28-21(18(3)4)24(31)30(8)15-14-29(6)7/h10,18-23H,11-16H2,1-9H3,(H,28,32)/t19-,20?,21-,22-,23-,26+,27+/m1/s1. The summed E-state index contributed by atoms with van der Waals surface area (Å²) in [5.74, 6) is -0.251. The van der Waals surface area contributed by atoms with Gasteiger partial charge in [0.25, 0.3) is 0 Å². The minimum Gasteiger partial charge on any atom is -0.443 e. The first-order chi connectivity index (χ1) is 16.8. The van der Waals surface area contributed by atoms with Crippen LogP contribution in [-0.2, 0) is 23.7 Å². The zero-order chi connectivity index (χ0) is 26.8. The van der Waals surface area contributed by atoms with Crippen LogP contribution < -0.4 is 5.32 Å². The molecule has 2 saturated heterocycles. The SMILES string of the molecule is CO[C@@H]1[C@H](OC(=O)N[C@@H](C(=O)N(C)CCN(C)C)C(C)C)CC[C@]2(CO2)[C@H]1[C@@]1(C)OC1CC=C(C)C. The monoisotopic (exact) mass is 509 g/mol. The van der Waals surface area contributed by atoms with Crippen LogP contribution in [-0.4, -0.2) is 105 Å². The van der Waals surface area contributed by atoms with E-state index in [0.717, 1.165) is 19.4 Å². The molecule has 1 spiro atoms. The molecule has 1 aliphatic carbocycles. The van der Waals surface area contributed by atoms with Gasteiger partial charge in [-0.1, -0.05) is 25.5 Å². The number of epoxide rings is 2. The molecule has 3 fully saturated rings. The van der Waals surface area contributed by atoms with Crippen LogP contribution >= 0.6 is 0 Å². The van der Waals surface area contributed by atoms with Crippen molar-refractivity contribution < 1.29 is 28.5 Å². The van der Waals surface area contributed by atoms with Crippen molar-refractivity contribution in [3.8, 4) is 0 Å². The molecule has 0 aromatic carbocycles. The molecule has 0 aromatic heterocycles. The Bertz CT molecular complexity index is 822. The fourth-order valence-electron chi connectivity index (χ4n) is 5.58. The van der Waals surface area contributed by atoms with E-state index in [4.69, 9.17) is 18.9 Å². The van der Waals surface area contributed by atoms with Crippen LogP contribution in [0.3, 0.4) is 0 Å². The number of nitrogens with zero attached hydrogens (tertiary/aromatic N) is 2. The molecule has 1 unspecified atom stereocenters. The van der Waals surface area contributed by atoms with Crippen molar-refractivity contribution in [3.63, 3.8) is 0 Å². The first-order valence-corrected chi connectivity index (χ1v) is 13.2. The summed E-state index contributed by atoms with van der Waals surface area (Å²) in [5, 5.41) is 2.83. The Morgan fingerprint density at radius 2 is 1.86 bits per heavy atom. The molecule has 2 amide bonds. The number of carbonyl (C=O) groups is 2. The largest absolute Gasteiger partial charge is 0.443 e. The molecule has 9 heteroatoms. The maximum Gasteiger partial charge on any atom is 0.408 e. The fourth-order valence-corrected chi connectivity index (χ4v) is 5.58. The van der Waals surface area contributed by atoms with Gasteiger partial charge in [-0.25, -0.2) is 4.79 Å². The van der Waals surface area contributed by atoms with Gasteiger partial charge in [0.05, 0.1) is 18.6 Å². The molecule has 0 aromatic rings. The minimum atomic E-state index is -0.666. The third-order valence-electron chi connectivity index (χ3n) is 7.96. The molecular formula is C27H47N3O6. The summed E-state index contributed by atoms with van der Waals surface area (Å²) in [6.07, 6.45) is 3.14. The Labute approximate surface area is 216 Å². The molecule has 1 N–H and O–H groups in total. The van der Waals surface area contributed by atoms with Crippen molar-refractivity contribution in [2.24, 2.45) is 11.8 Å². The summed E-state index contributed by atoms with van der Waals surface area (Å²) in [7, 11) is 7.35. The topological polar surface area (TPSA) is 96.2 Å². The van der Waals surface area contributed by atoms with Crippen LogP contribution in [0.4, 0.5) is 4.79 Å². The van der Waals surface area contributed by atoms with Crippen molar-refractivity contribution in [1.29, 1.82) is 0 Å². The van der Waals surface area contributed by atoms with E-state index in [0.29, 0.717) is 19.6 Å². The van der Waals surface area contributed by atoms with Crippen molar-refractivity contribution in [2.75, 3.05) is 47.9 Å². The van der Waals surface area contributed by atoms with Crippen LogP contribution in [0, 0.1) is 11.8 Å². The molecule has 3 rings (SSSR count).